The van der Waals surface area contributed by atoms with Crippen molar-refractivity contribution in [2.75, 3.05) is 12.4 Å². The number of halogens is 1. The summed E-state index contributed by atoms with van der Waals surface area (Å²) in [7, 11) is 1.30. The zero-order valence-electron chi connectivity index (χ0n) is 7.98. The van der Waals surface area contributed by atoms with E-state index in [2.05, 4.69) is 20.0 Å². The molecule has 0 unspecified atom stereocenters. The molecule has 5 nitrogen and oxygen atoms in total. The molecule has 0 aliphatic heterocycles. The molecule has 0 radical (unpaired) electrons. The van der Waals surface area contributed by atoms with Crippen molar-refractivity contribution >= 4 is 40.1 Å². The first-order valence-corrected chi connectivity index (χ1v) is 4.09. The van der Waals surface area contributed by atoms with Gasteiger partial charge >= 0.3 is 6.09 Å². The third-order valence-electron chi connectivity index (χ3n) is 1.80. The number of carbonyl (C=O) groups excluding carboxylic acids is 1. The van der Waals surface area contributed by atoms with Gasteiger partial charge in [-0.25, -0.2) is 9.78 Å². The second-order valence-corrected chi connectivity index (χ2v) is 2.72. The Morgan fingerprint density at radius 1 is 1.47 bits per heavy atom. The van der Waals surface area contributed by atoms with Gasteiger partial charge in [0.05, 0.1) is 18.1 Å². The number of carbonyl (C=O) groups is 1. The largest absolute Gasteiger partial charge is 0.453 e. The number of fused-ring (bicyclic) bond motifs is 1. The minimum atomic E-state index is -0.538. The molecule has 0 atom stereocenters. The SMILES string of the molecule is Br.COC(=O)Nc1nc2ccccc2[nH]1. The zero-order valence-corrected chi connectivity index (χ0v) is 9.69. The second-order valence-electron chi connectivity index (χ2n) is 2.72. The van der Waals surface area contributed by atoms with Crippen LogP contribution in [-0.4, -0.2) is 23.2 Å². The number of hydrogen-bond acceptors (Lipinski definition) is 3. The van der Waals surface area contributed by atoms with Crippen LogP contribution >= 0.6 is 17.0 Å². The molecule has 2 rings (SSSR count). The molecule has 2 N–H and O–H groups in total. The van der Waals surface area contributed by atoms with Gasteiger partial charge in [-0.05, 0) is 12.1 Å². The lowest BCUT2D eigenvalue weighted by atomic mass is 10.3. The highest BCUT2D eigenvalue weighted by Crippen LogP contribution is 2.12. The van der Waals surface area contributed by atoms with E-state index in [1.54, 1.807) is 0 Å². The number of methoxy groups -OCH3 is 1. The maximum Gasteiger partial charge on any atom is 0.413 e. The van der Waals surface area contributed by atoms with Gasteiger partial charge in [0.25, 0.3) is 0 Å². The third kappa shape index (κ3) is 2.47. The number of aromatic amines is 1. The van der Waals surface area contributed by atoms with Crippen LogP contribution in [0.3, 0.4) is 0 Å². The summed E-state index contributed by atoms with van der Waals surface area (Å²) in [5.41, 5.74) is 1.68. The van der Waals surface area contributed by atoms with Crippen LogP contribution in [0, 0.1) is 0 Å². The van der Waals surface area contributed by atoms with Gasteiger partial charge in [0.1, 0.15) is 0 Å². The number of hydrogen-bond donors (Lipinski definition) is 2. The summed E-state index contributed by atoms with van der Waals surface area (Å²) in [4.78, 5) is 17.9. The molecular weight excluding hydrogens is 262 g/mol. The van der Waals surface area contributed by atoms with Crippen molar-refractivity contribution in [2.24, 2.45) is 0 Å². The Labute approximate surface area is 96.6 Å². The fraction of sp³-hybridized carbons (Fsp3) is 0.111. The molecule has 0 spiro atoms. The minimum Gasteiger partial charge on any atom is -0.453 e. The van der Waals surface area contributed by atoms with E-state index in [9.17, 15) is 4.79 Å². The highest BCUT2D eigenvalue weighted by Gasteiger charge is 2.04. The molecular formula is C9H10BrN3O2. The van der Waals surface area contributed by atoms with E-state index in [-0.39, 0.29) is 17.0 Å². The number of para-hydroxylation sites is 2. The Morgan fingerprint density at radius 2 is 2.20 bits per heavy atom. The van der Waals surface area contributed by atoms with Crippen molar-refractivity contribution in [3.8, 4) is 0 Å². The fourth-order valence-corrected chi connectivity index (χ4v) is 1.16. The van der Waals surface area contributed by atoms with Crippen LogP contribution < -0.4 is 5.32 Å². The molecule has 0 saturated heterocycles. The van der Waals surface area contributed by atoms with Crippen LogP contribution in [0.5, 0.6) is 0 Å². The number of anilines is 1. The Balaban J connectivity index is 0.00000112. The van der Waals surface area contributed by atoms with Gasteiger partial charge in [0, 0.05) is 0 Å². The van der Waals surface area contributed by atoms with E-state index in [0.29, 0.717) is 5.95 Å². The number of aromatic nitrogens is 2. The molecule has 0 aliphatic rings. The maximum atomic E-state index is 10.9. The molecule has 0 aliphatic carbocycles. The van der Waals surface area contributed by atoms with Crippen LogP contribution in [0.15, 0.2) is 24.3 Å². The van der Waals surface area contributed by atoms with E-state index in [1.165, 1.54) is 7.11 Å². The van der Waals surface area contributed by atoms with Crippen LogP contribution in [0.2, 0.25) is 0 Å². The fourth-order valence-electron chi connectivity index (χ4n) is 1.16. The van der Waals surface area contributed by atoms with Crippen LogP contribution in [0.25, 0.3) is 11.0 Å². The molecule has 0 bridgehead atoms. The number of rotatable bonds is 1. The quantitative estimate of drug-likeness (QED) is 0.837. The third-order valence-corrected chi connectivity index (χ3v) is 1.80. The molecule has 6 heteroatoms. The number of benzene rings is 1. The topological polar surface area (TPSA) is 67.0 Å². The van der Waals surface area contributed by atoms with E-state index in [4.69, 9.17) is 0 Å². The lowest BCUT2D eigenvalue weighted by Crippen LogP contribution is -2.11. The molecule has 15 heavy (non-hydrogen) atoms. The lowest BCUT2D eigenvalue weighted by molar-refractivity contribution is 0.186. The molecule has 1 amide bonds. The van der Waals surface area contributed by atoms with Crippen molar-refractivity contribution in [2.45, 2.75) is 0 Å². The molecule has 1 aromatic heterocycles. The Kier molecular flexibility index (Phi) is 3.68. The number of H-pyrrole nitrogens is 1. The lowest BCUT2D eigenvalue weighted by Gasteiger charge is -1.96. The summed E-state index contributed by atoms with van der Waals surface area (Å²) in [6.07, 6.45) is -0.538. The number of amides is 1. The Bertz CT molecular complexity index is 436. The smallest absolute Gasteiger partial charge is 0.413 e. The Hall–Kier alpha value is -1.56. The zero-order chi connectivity index (χ0) is 9.97. The van der Waals surface area contributed by atoms with E-state index in [1.807, 2.05) is 24.3 Å². The van der Waals surface area contributed by atoms with E-state index >= 15 is 0 Å². The monoisotopic (exact) mass is 271 g/mol. The van der Waals surface area contributed by atoms with Crippen molar-refractivity contribution in [3.63, 3.8) is 0 Å². The van der Waals surface area contributed by atoms with Crippen LogP contribution in [0.1, 0.15) is 0 Å². The summed E-state index contributed by atoms with van der Waals surface area (Å²) in [5, 5.41) is 2.45. The first-order valence-electron chi connectivity index (χ1n) is 4.09. The van der Waals surface area contributed by atoms with Gasteiger partial charge in [-0.3, -0.25) is 5.32 Å². The molecule has 0 saturated carbocycles. The summed E-state index contributed by atoms with van der Waals surface area (Å²) in [6, 6.07) is 7.51. The molecule has 80 valence electrons. The number of nitrogens with zero attached hydrogens (tertiary/aromatic N) is 1. The predicted octanol–water partition coefficient (Wildman–Crippen LogP) is 2.32. The average Bonchev–Trinajstić information content (AvgIpc) is 2.59. The van der Waals surface area contributed by atoms with Gasteiger partial charge < -0.3 is 9.72 Å². The summed E-state index contributed by atoms with van der Waals surface area (Å²) in [5.74, 6) is 0.387. The summed E-state index contributed by atoms with van der Waals surface area (Å²) >= 11 is 0. The molecule has 2 aromatic rings. The normalized spacial score (nSPS) is 9.40. The highest BCUT2D eigenvalue weighted by atomic mass is 79.9. The van der Waals surface area contributed by atoms with Gasteiger partial charge in [0.15, 0.2) is 0 Å². The first-order chi connectivity index (χ1) is 6.79. The highest BCUT2D eigenvalue weighted by molar-refractivity contribution is 8.93. The maximum absolute atomic E-state index is 10.9. The van der Waals surface area contributed by atoms with Crippen molar-refractivity contribution in [3.05, 3.63) is 24.3 Å². The molecule has 1 aromatic carbocycles. The average molecular weight is 272 g/mol. The predicted molar refractivity (Wildman–Crippen MR) is 62.4 cm³/mol. The van der Waals surface area contributed by atoms with Crippen molar-refractivity contribution in [1.29, 1.82) is 0 Å². The first kappa shape index (κ1) is 11.5. The minimum absolute atomic E-state index is 0. The van der Waals surface area contributed by atoms with E-state index < -0.39 is 6.09 Å². The standard InChI is InChI=1S/C9H9N3O2.BrH/c1-14-9(13)12-8-10-6-4-2-3-5-7(6)11-8;/h2-5H,1H3,(H2,10,11,12,13);1H. The summed E-state index contributed by atoms with van der Waals surface area (Å²) < 4.78 is 4.44. The number of nitrogens with one attached hydrogen (secondary N) is 2. The van der Waals surface area contributed by atoms with Gasteiger partial charge in [-0.1, -0.05) is 12.1 Å². The van der Waals surface area contributed by atoms with Crippen LogP contribution in [0.4, 0.5) is 10.7 Å². The Morgan fingerprint density at radius 3 is 2.87 bits per heavy atom. The summed E-state index contributed by atoms with van der Waals surface area (Å²) in [6.45, 7) is 0. The van der Waals surface area contributed by atoms with Gasteiger partial charge in [0.2, 0.25) is 5.95 Å². The van der Waals surface area contributed by atoms with Gasteiger partial charge in [-0.15, -0.1) is 17.0 Å². The van der Waals surface area contributed by atoms with Crippen LogP contribution in [-0.2, 0) is 4.74 Å². The molecule has 0 fully saturated rings. The van der Waals surface area contributed by atoms with Crippen molar-refractivity contribution in [1.82, 2.24) is 9.97 Å². The second kappa shape index (κ2) is 4.79. The van der Waals surface area contributed by atoms with Gasteiger partial charge in [-0.2, -0.15) is 0 Å². The van der Waals surface area contributed by atoms with Crippen molar-refractivity contribution < 1.29 is 9.53 Å². The molecule has 1 heterocycles. The number of imidazole rings is 1. The van der Waals surface area contributed by atoms with E-state index in [0.717, 1.165) is 11.0 Å². The number of ether oxygens (including phenoxy) is 1.